The Morgan fingerprint density at radius 1 is 1.53 bits per heavy atom. The predicted octanol–water partition coefficient (Wildman–Crippen LogP) is 0.510. The summed E-state index contributed by atoms with van der Waals surface area (Å²) in [5, 5.41) is 14.2. The second-order valence-electron chi connectivity index (χ2n) is 5.64. The normalized spacial score (nSPS) is 16.2. The number of nitrogens with two attached hydrogens (primary N) is 1. The molecule has 1 aromatic heterocycles. The molecule has 0 aliphatic heterocycles. The smallest absolute Gasteiger partial charge is 0.225 e. The van der Waals surface area contributed by atoms with Crippen LogP contribution in [-0.4, -0.2) is 31.4 Å². The molecule has 6 heteroatoms. The van der Waals surface area contributed by atoms with Crippen LogP contribution in [0.25, 0.3) is 0 Å². The number of hydrogen-bond donors (Lipinski definition) is 2. The topological polar surface area (TPSA) is 94.0 Å². The maximum Gasteiger partial charge on any atom is 0.225 e. The van der Waals surface area contributed by atoms with Crippen molar-refractivity contribution in [3.63, 3.8) is 0 Å². The Morgan fingerprint density at radius 3 is 2.68 bits per heavy atom. The van der Waals surface area contributed by atoms with Crippen molar-refractivity contribution in [1.29, 1.82) is 0 Å². The largest absolute Gasteiger partial charge is 0.389 e. The molecule has 0 spiro atoms. The number of hydrogen-bond acceptors (Lipinski definition) is 4. The van der Waals surface area contributed by atoms with E-state index in [1.807, 2.05) is 0 Å². The zero-order chi connectivity index (χ0) is 14.0. The number of aromatic nitrogens is 3. The number of aliphatic hydroxyl groups is 1. The van der Waals surface area contributed by atoms with Gasteiger partial charge in [0.05, 0.1) is 18.6 Å². The molecule has 0 radical (unpaired) electrons. The van der Waals surface area contributed by atoms with Crippen LogP contribution in [-0.2, 0) is 17.8 Å². The molecule has 1 aliphatic rings. The second kappa shape index (κ2) is 5.13. The highest BCUT2D eigenvalue weighted by atomic mass is 16.3. The van der Waals surface area contributed by atoms with E-state index >= 15 is 0 Å². The highest BCUT2D eigenvalue weighted by Crippen LogP contribution is 2.28. The predicted molar refractivity (Wildman–Crippen MR) is 70.3 cm³/mol. The van der Waals surface area contributed by atoms with Crippen LogP contribution >= 0.6 is 0 Å². The van der Waals surface area contributed by atoms with E-state index in [1.165, 1.54) is 0 Å². The molecule has 1 aliphatic carbocycles. The van der Waals surface area contributed by atoms with Gasteiger partial charge in [-0.1, -0.05) is 12.2 Å². The van der Waals surface area contributed by atoms with E-state index in [-0.39, 0.29) is 12.3 Å². The number of rotatable bonds is 5. The van der Waals surface area contributed by atoms with E-state index in [0.717, 1.165) is 18.7 Å². The maximum atomic E-state index is 11.0. The number of primary amides is 1. The molecule has 0 bridgehead atoms. The number of nitrogens with zero attached hydrogens (tertiary/aromatic N) is 3. The Bertz CT molecular complexity index is 491. The van der Waals surface area contributed by atoms with Crippen molar-refractivity contribution in [2.24, 2.45) is 5.73 Å². The molecule has 0 saturated carbocycles. The van der Waals surface area contributed by atoms with E-state index in [4.69, 9.17) is 5.73 Å². The third-order valence-corrected chi connectivity index (χ3v) is 2.99. The first-order chi connectivity index (χ1) is 8.85. The van der Waals surface area contributed by atoms with Crippen molar-refractivity contribution in [2.45, 2.75) is 51.2 Å². The van der Waals surface area contributed by atoms with Gasteiger partial charge in [-0.25, -0.2) is 9.67 Å². The van der Waals surface area contributed by atoms with Crippen LogP contribution in [0.1, 0.15) is 44.3 Å². The molecule has 0 atom stereocenters. The lowest BCUT2D eigenvalue weighted by atomic mass is 10.1. The van der Waals surface area contributed by atoms with Gasteiger partial charge in [0.25, 0.3) is 0 Å². The summed E-state index contributed by atoms with van der Waals surface area (Å²) in [6.45, 7) is 3.79. The van der Waals surface area contributed by atoms with Crippen LogP contribution in [0.5, 0.6) is 0 Å². The van der Waals surface area contributed by atoms with Crippen molar-refractivity contribution in [3.8, 4) is 0 Å². The first kappa shape index (κ1) is 13.7. The quantitative estimate of drug-likeness (QED) is 0.758. The Labute approximate surface area is 112 Å². The lowest BCUT2D eigenvalue weighted by molar-refractivity contribution is -0.117. The van der Waals surface area contributed by atoms with Gasteiger partial charge < -0.3 is 10.8 Å². The van der Waals surface area contributed by atoms with Gasteiger partial charge in [0.1, 0.15) is 5.82 Å². The average molecular weight is 264 g/mol. The van der Waals surface area contributed by atoms with Crippen LogP contribution in [0.4, 0.5) is 0 Å². The summed E-state index contributed by atoms with van der Waals surface area (Å²) in [4.78, 5) is 15.4. The minimum Gasteiger partial charge on any atom is -0.389 e. The summed E-state index contributed by atoms with van der Waals surface area (Å²) >= 11 is 0. The third kappa shape index (κ3) is 3.64. The number of allylic oxidation sites excluding steroid dienone is 2. The molecule has 0 fully saturated rings. The van der Waals surface area contributed by atoms with Crippen LogP contribution < -0.4 is 5.73 Å². The van der Waals surface area contributed by atoms with E-state index < -0.39 is 11.5 Å². The molecule has 0 saturated heterocycles. The molecule has 6 nitrogen and oxygen atoms in total. The highest BCUT2D eigenvalue weighted by Gasteiger charge is 2.24. The van der Waals surface area contributed by atoms with Crippen molar-refractivity contribution in [3.05, 3.63) is 23.8 Å². The van der Waals surface area contributed by atoms with Gasteiger partial charge in [-0.15, -0.1) is 0 Å². The van der Waals surface area contributed by atoms with Crippen LogP contribution in [0.3, 0.4) is 0 Å². The van der Waals surface area contributed by atoms with Crippen LogP contribution in [0, 0.1) is 0 Å². The number of carbonyl (C=O) groups excluding carboxylic acids is 1. The molecular formula is C13H20N4O2. The molecular weight excluding hydrogens is 244 g/mol. The minimum atomic E-state index is -0.877. The molecule has 3 N–H and O–H groups in total. The first-order valence-electron chi connectivity index (χ1n) is 6.44. The van der Waals surface area contributed by atoms with Crippen molar-refractivity contribution < 1.29 is 9.90 Å². The van der Waals surface area contributed by atoms with E-state index in [9.17, 15) is 9.90 Å². The molecule has 19 heavy (non-hydrogen) atoms. The number of carbonyl (C=O) groups is 1. The summed E-state index contributed by atoms with van der Waals surface area (Å²) in [6.07, 6.45) is 6.09. The standard InChI is InChI=1S/C13H20N4O2/c1-13(2,19)8-17-12(9-5-3-4-6-9)15-11(16-17)7-10(14)18/h3-4,9,19H,5-8H2,1-2H3,(H2,14,18). The SMILES string of the molecule is CC(C)(O)Cn1nc(CC(N)=O)nc1C1CC=CC1. The monoisotopic (exact) mass is 264 g/mol. The van der Waals surface area contributed by atoms with Crippen LogP contribution in [0.15, 0.2) is 12.2 Å². The Morgan fingerprint density at radius 2 is 2.16 bits per heavy atom. The fourth-order valence-electron chi connectivity index (χ4n) is 2.25. The fraction of sp³-hybridized carbons (Fsp3) is 0.615. The zero-order valence-corrected chi connectivity index (χ0v) is 11.3. The van der Waals surface area contributed by atoms with Gasteiger partial charge in [-0.3, -0.25) is 4.79 Å². The summed E-state index contributed by atoms with van der Waals surface area (Å²) in [7, 11) is 0. The Hall–Kier alpha value is -1.69. The van der Waals surface area contributed by atoms with E-state index in [1.54, 1.807) is 18.5 Å². The molecule has 1 aromatic rings. The molecule has 2 rings (SSSR count). The van der Waals surface area contributed by atoms with Crippen molar-refractivity contribution >= 4 is 5.91 Å². The summed E-state index contributed by atoms with van der Waals surface area (Å²) in [5.41, 5.74) is 4.30. The molecule has 104 valence electrons. The molecule has 1 heterocycles. The maximum absolute atomic E-state index is 11.0. The highest BCUT2D eigenvalue weighted by molar-refractivity contribution is 5.75. The lowest BCUT2D eigenvalue weighted by Crippen LogP contribution is -2.28. The lowest BCUT2D eigenvalue weighted by Gasteiger charge is -2.19. The van der Waals surface area contributed by atoms with E-state index in [2.05, 4.69) is 22.2 Å². The third-order valence-electron chi connectivity index (χ3n) is 2.99. The minimum absolute atomic E-state index is 0.0337. The van der Waals surface area contributed by atoms with Gasteiger partial charge in [0, 0.05) is 5.92 Å². The van der Waals surface area contributed by atoms with Gasteiger partial charge in [-0.05, 0) is 26.7 Å². The van der Waals surface area contributed by atoms with Gasteiger partial charge in [-0.2, -0.15) is 5.10 Å². The average Bonchev–Trinajstić information content (AvgIpc) is 2.83. The zero-order valence-electron chi connectivity index (χ0n) is 11.3. The van der Waals surface area contributed by atoms with Crippen molar-refractivity contribution in [2.75, 3.05) is 0 Å². The fourth-order valence-corrected chi connectivity index (χ4v) is 2.25. The van der Waals surface area contributed by atoms with Gasteiger partial charge in [0.2, 0.25) is 5.91 Å². The Kier molecular flexibility index (Phi) is 3.71. The van der Waals surface area contributed by atoms with Crippen molar-refractivity contribution in [1.82, 2.24) is 14.8 Å². The second-order valence-corrected chi connectivity index (χ2v) is 5.64. The molecule has 0 aromatic carbocycles. The van der Waals surface area contributed by atoms with Gasteiger partial charge >= 0.3 is 0 Å². The first-order valence-corrected chi connectivity index (χ1v) is 6.44. The summed E-state index contributed by atoms with van der Waals surface area (Å²) < 4.78 is 1.70. The van der Waals surface area contributed by atoms with Gasteiger partial charge in [0.15, 0.2) is 5.82 Å². The molecule has 1 amide bonds. The Balaban J connectivity index is 2.26. The summed E-state index contributed by atoms with van der Waals surface area (Å²) in [6, 6.07) is 0. The molecule has 0 unspecified atom stereocenters. The number of amides is 1. The van der Waals surface area contributed by atoms with E-state index in [0.29, 0.717) is 12.4 Å². The summed E-state index contributed by atoms with van der Waals surface area (Å²) in [5.74, 6) is 1.08. The van der Waals surface area contributed by atoms with Crippen LogP contribution in [0.2, 0.25) is 0 Å².